The van der Waals surface area contributed by atoms with Gasteiger partial charge in [0.25, 0.3) is 4.87 Å². The van der Waals surface area contributed by atoms with Crippen molar-refractivity contribution in [1.29, 1.82) is 0 Å². The Balaban J connectivity index is 2.34. The van der Waals surface area contributed by atoms with Gasteiger partial charge in [-0.25, -0.2) is 0 Å². The van der Waals surface area contributed by atoms with E-state index in [-0.39, 0.29) is 18.7 Å². The van der Waals surface area contributed by atoms with Crippen molar-refractivity contribution in [2.24, 2.45) is 15.4 Å². The van der Waals surface area contributed by atoms with Crippen LogP contribution in [0.5, 0.6) is 0 Å². The number of hydrogen-bond acceptors (Lipinski definition) is 7. The minimum Gasteiger partial charge on any atom is -0.466 e. The molecule has 2 rings (SSSR count). The average molecular weight is 285 g/mol. The van der Waals surface area contributed by atoms with E-state index in [2.05, 4.69) is 15.4 Å². The molecule has 102 valence electrons. The molecular weight excluding hydrogens is 274 g/mol. The van der Waals surface area contributed by atoms with E-state index in [9.17, 15) is 17.8 Å². The van der Waals surface area contributed by atoms with Crippen LogP contribution in [-0.4, -0.2) is 36.1 Å². The van der Waals surface area contributed by atoms with Crippen molar-refractivity contribution in [3.05, 3.63) is 23.8 Å². The fraction of sp³-hybridized carbons (Fsp3) is 0.400. The number of rotatable bonds is 4. The zero-order chi connectivity index (χ0) is 14.1. The second kappa shape index (κ2) is 4.67. The number of nitrogens with zero attached hydrogens (tertiary/aromatic N) is 3. The van der Waals surface area contributed by atoms with E-state index in [1.54, 1.807) is 6.92 Å². The Hall–Kier alpha value is -1.87. The van der Waals surface area contributed by atoms with E-state index in [0.717, 1.165) is 6.08 Å². The van der Waals surface area contributed by atoms with Crippen LogP contribution in [0.1, 0.15) is 13.3 Å². The smallest absolute Gasteiger partial charge is 0.310 e. The lowest BCUT2D eigenvalue weighted by molar-refractivity contribution is -0.142. The minimum absolute atomic E-state index is 0.0782. The van der Waals surface area contributed by atoms with Gasteiger partial charge in [-0.2, -0.15) is 8.42 Å². The summed E-state index contributed by atoms with van der Waals surface area (Å²) in [5, 5.41) is 10.4. The Morgan fingerprint density at radius 3 is 2.89 bits per heavy atom. The largest absolute Gasteiger partial charge is 0.466 e. The van der Waals surface area contributed by atoms with Crippen LogP contribution in [0.25, 0.3) is 0 Å². The van der Waals surface area contributed by atoms with Crippen molar-refractivity contribution in [3.8, 4) is 0 Å². The lowest BCUT2D eigenvalue weighted by Gasteiger charge is -2.23. The fourth-order valence-electron chi connectivity index (χ4n) is 1.80. The van der Waals surface area contributed by atoms with Crippen molar-refractivity contribution < 1.29 is 22.5 Å². The maximum absolute atomic E-state index is 11.5. The van der Waals surface area contributed by atoms with Crippen LogP contribution in [0.3, 0.4) is 0 Å². The van der Waals surface area contributed by atoms with Gasteiger partial charge in [-0.3, -0.25) is 9.35 Å². The summed E-state index contributed by atoms with van der Waals surface area (Å²) in [6.07, 6.45) is 3.88. The molecular formula is C10H11N3O5S. The van der Waals surface area contributed by atoms with Gasteiger partial charge in [0.2, 0.25) is 0 Å². The van der Waals surface area contributed by atoms with Crippen molar-refractivity contribution in [2.45, 2.75) is 18.2 Å². The molecule has 1 aliphatic carbocycles. The van der Waals surface area contributed by atoms with Gasteiger partial charge < -0.3 is 4.74 Å². The Bertz CT molecular complexity index is 632. The third-order valence-corrected chi connectivity index (χ3v) is 3.83. The van der Waals surface area contributed by atoms with Crippen LogP contribution >= 0.6 is 0 Å². The van der Waals surface area contributed by atoms with Gasteiger partial charge >= 0.3 is 16.1 Å². The third kappa shape index (κ3) is 2.22. The quantitative estimate of drug-likeness (QED) is 0.606. The Morgan fingerprint density at radius 1 is 1.53 bits per heavy atom. The minimum atomic E-state index is -4.58. The van der Waals surface area contributed by atoms with E-state index in [1.807, 2.05) is 0 Å². The van der Waals surface area contributed by atoms with Gasteiger partial charge in [0, 0.05) is 0 Å². The molecule has 0 spiro atoms. The fourth-order valence-corrected chi connectivity index (χ4v) is 2.61. The first-order valence-electron chi connectivity index (χ1n) is 5.42. The van der Waals surface area contributed by atoms with Crippen molar-refractivity contribution >= 4 is 21.8 Å². The average Bonchev–Trinajstić information content (AvgIpc) is 2.74. The molecule has 0 aromatic heterocycles. The predicted octanol–water partition coefficient (Wildman–Crippen LogP) is 0.842. The summed E-state index contributed by atoms with van der Waals surface area (Å²) in [4.78, 5) is 9.40. The van der Waals surface area contributed by atoms with Crippen LogP contribution in [0, 0.1) is 0 Å². The van der Waals surface area contributed by atoms with Gasteiger partial charge in [-0.05, 0) is 23.8 Å². The number of allylic oxidation sites excluding steroid dienone is 2. The number of esters is 1. The molecule has 1 unspecified atom stereocenters. The van der Waals surface area contributed by atoms with Gasteiger partial charge in [0.15, 0.2) is 0 Å². The highest BCUT2D eigenvalue weighted by atomic mass is 32.2. The Labute approximate surface area is 109 Å². The second-order valence-electron chi connectivity index (χ2n) is 3.84. The summed E-state index contributed by atoms with van der Waals surface area (Å²) in [5.74, 6) is -0.525. The first-order chi connectivity index (χ1) is 8.90. The van der Waals surface area contributed by atoms with Gasteiger partial charge in [-0.1, -0.05) is 12.2 Å². The van der Waals surface area contributed by atoms with Crippen LogP contribution in [0.2, 0.25) is 0 Å². The number of carbonyl (C=O) groups is 1. The highest BCUT2D eigenvalue weighted by Gasteiger charge is 2.51. The van der Waals surface area contributed by atoms with E-state index in [4.69, 9.17) is 4.74 Å². The number of fused-ring (bicyclic) bond motifs is 1. The van der Waals surface area contributed by atoms with Gasteiger partial charge in [-0.15, -0.1) is 10.2 Å². The zero-order valence-electron chi connectivity index (χ0n) is 9.98. The number of ether oxygens (including phenoxy) is 1. The topological polar surface area (TPSA) is 118 Å². The molecule has 1 N–H and O–H groups in total. The summed E-state index contributed by atoms with van der Waals surface area (Å²) >= 11 is 0. The molecule has 9 heteroatoms. The maximum atomic E-state index is 11.5. The predicted molar refractivity (Wildman–Crippen MR) is 65.0 cm³/mol. The third-order valence-electron chi connectivity index (χ3n) is 2.63. The summed E-state index contributed by atoms with van der Waals surface area (Å²) < 4.78 is 37.0. The molecule has 1 aliphatic heterocycles. The molecule has 2 aliphatic rings. The molecule has 0 saturated carbocycles. The summed E-state index contributed by atoms with van der Waals surface area (Å²) in [6, 6.07) is 0. The van der Waals surface area contributed by atoms with Crippen LogP contribution < -0.4 is 0 Å². The van der Waals surface area contributed by atoms with Crippen LogP contribution in [0.4, 0.5) is 0 Å². The summed E-state index contributed by atoms with van der Waals surface area (Å²) in [5.41, 5.74) is 0.217. The lowest BCUT2D eigenvalue weighted by atomic mass is 9.95. The van der Waals surface area contributed by atoms with Crippen LogP contribution in [0.15, 0.2) is 39.2 Å². The van der Waals surface area contributed by atoms with Crippen molar-refractivity contribution in [2.75, 3.05) is 6.61 Å². The van der Waals surface area contributed by atoms with E-state index in [1.165, 1.54) is 12.2 Å². The SMILES string of the molecule is CCOC(=O)CC1=CC=CC2(S(=O)(=O)O)N=NN=C12. The number of carbonyl (C=O) groups excluding carboxylic acids is 1. The molecule has 0 aromatic carbocycles. The molecule has 0 amide bonds. The molecule has 0 aromatic rings. The van der Waals surface area contributed by atoms with Gasteiger partial charge in [0.1, 0.15) is 5.71 Å². The summed E-state index contributed by atoms with van der Waals surface area (Å²) in [7, 11) is -4.58. The van der Waals surface area contributed by atoms with Crippen molar-refractivity contribution in [1.82, 2.24) is 0 Å². The van der Waals surface area contributed by atoms with Crippen LogP contribution in [-0.2, 0) is 19.6 Å². The molecule has 0 radical (unpaired) electrons. The Morgan fingerprint density at radius 2 is 2.26 bits per heavy atom. The van der Waals surface area contributed by atoms with Crippen molar-refractivity contribution in [3.63, 3.8) is 0 Å². The molecule has 8 nitrogen and oxygen atoms in total. The highest BCUT2D eigenvalue weighted by Crippen LogP contribution is 2.34. The molecule has 19 heavy (non-hydrogen) atoms. The molecule has 1 heterocycles. The Kier molecular flexibility index (Phi) is 3.33. The molecule has 0 fully saturated rings. The molecule has 1 atom stereocenters. The van der Waals surface area contributed by atoms with E-state index in [0.29, 0.717) is 5.57 Å². The van der Waals surface area contributed by atoms with E-state index >= 15 is 0 Å². The second-order valence-corrected chi connectivity index (χ2v) is 5.41. The summed E-state index contributed by atoms with van der Waals surface area (Å²) in [6.45, 7) is 1.87. The standard InChI is InChI=1S/C10H11N3O5S/c1-2-18-8(14)6-7-4-3-5-10(19(15,16)17)9(7)11-13-12-10/h3-5H,2,6H2,1H3,(H,15,16,17). The molecule has 0 saturated heterocycles. The first-order valence-corrected chi connectivity index (χ1v) is 6.86. The molecule has 0 bridgehead atoms. The zero-order valence-corrected chi connectivity index (χ0v) is 10.8. The first kappa shape index (κ1) is 13.6. The normalized spacial score (nSPS) is 24.7. The maximum Gasteiger partial charge on any atom is 0.310 e. The lowest BCUT2D eigenvalue weighted by Crippen LogP contribution is -2.43. The highest BCUT2D eigenvalue weighted by molar-refractivity contribution is 7.88. The number of hydrogen-bond donors (Lipinski definition) is 1. The van der Waals surface area contributed by atoms with Gasteiger partial charge in [0.05, 0.1) is 13.0 Å². The monoisotopic (exact) mass is 285 g/mol. The van der Waals surface area contributed by atoms with E-state index < -0.39 is 21.0 Å².